The first-order chi connectivity index (χ1) is 18.3. The molecular weight excluding hydrogens is 460 g/mol. The Hall–Kier alpha value is -4.25. The monoisotopic (exact) mass is 484 g/mol. The van der Waals surface area contributed by atoms with Crippen LogP contribution in [0.1, 0.15) is 11.1 Å². The van der Waals surface area contributed by atoms with Crippen LogP contribution in [0.2, 0.25) is 0 Å². The van der Waals surface area contributed by atoms with E-state index in [1.807, 2.05) is 48.5 Å². The Balaban J connectivity index is 1.15. The zero-order chi connectivity index (χ0) is 24.8. The SMILES string of the molecule is O=C1OC(OCc2c3ccccc3cc3ccccc23)C1OCc1c2ccccc2cc2ccccc12. The molecule has 0 amide bonds. The molecule has 0 aromatic heterocycles. The Morgan fingerprint density at radius 3 is 1.32 bits per heavy atom. The van der Waals surface area contributed by atoms with Crippen LogP contribution in [-0.4, -0.2) is 18.4 Å². The third kappa shape index (κ3) is 3.82. The van der Waals surface area contributed by atoms with Crippen LogP contribution in [0.5, 0.6) is 0 Å². The number of benzene rings is 6. The van der Waals surface area contributed by atoms with E-state index >= 15 is 0 Å². The Labute approximate surface area is 214 Å². The maximum atomic E-state index is 12.4. The molecule has 0 radical (unpaired) electrons. The highest BCUT2D eigenvalue weighted by molar-refractivity contribution is 6.03. The maximum absolute atomic E-state index is 12.4. The third-order valence-corrected chi connectivity index (χ3v) is 7.28. The standard InChI is InChI=1S/C33H24O4/c34-32-31(35-19-29-25-13-5-1-9-21(25)17-22-10-2-6-14-26(22)29)33(37-32)36-20-30-27-15-7-3-11-23(27)18-24-12-4-8-16-28(24)30/h1-18,31,33H,19-20H2. The number of ether oxygens (including phenoxy) is 3. The number of esters is 1. The number of cyclic esters (lactones) is 1. The van der Waals surface area contributed by atoms with Gasteiger partial charge in [-0.3, -0.25) is 0 Å². The van der Waals surface area contributed by atoms with Crippen LogP contribution in [0.4, 0.5) is 0 Å². The highest BCUT2D eigenvalue weighted by atomic mass is 16.8. The molecule has 1 aliphatic rings. The largest absolute Gasteiger partial charge is 0.430 e. The van der Waals surface area contributed by atoms with E-state index in [-0.39, 0.29) is 0 Å². The predicted molar refractivity (Wildman–Crippen MR) is 146 cm³/mol. The molecule has 6 aromatic rings. The summed E-state index contributed by atoms with van der Waals surface area (Å²) in [4.78, 5) is 12.4. The zero-order valence-electron chi connectivity index (χ0n) is 20.1. The summed E-state index contributed by atoms with van der Waals surface area (Å²) in [5.41, 5.74) is 2.14. The van der Waals surface area contributed by atoms with E-state index in [4.69, 9.17) is 14.2 Å². The lowest BCUT2D eigenvalue weighted by atomic mass is 9.97. The second-order valence-corrected chi connectivity index (χ2v) is 9.44. The summed E-state index contributed by atoms with van der Waals surface area (Å²) in [6.45, 7) is 0.607. The topological polar surface area (TPSA) is 44.8 Å². The number of carbonyl (C=O) groups excluding carboxylic acids is 1. The minimum absolute atomic E-state index is 0.290. The summed E-state index contributed by atoms with van der Waals surface area (Å²) >= 11 is 0. The predicted octanol–water partition coefficient (Wildman–Crippen LogP) is 7.28. The second-order valence-electron chi connectivity index (χ2n) is 9.44. The second kappa shape index (κ2) is 9.00. The zero-order valence-corrected chi connectivity index (χ0v) is 20.1. The van der Waals surface area contributed by atoms with Crippen molar-refractivity contribution in [1.29, 1.82) is 0 Å². The van der Waals surface area contributed by atoms with Crippen LogP contribution < -0.4 is 0 Å². The lowest BCUT2D eigenvalue weighted by molar-refractivity contribution is -0.272. The van der Waals surface area contributed by atoms with Gasteiger partial charge in [0.25, 0.3) is 0 Å². The van der Waals surface area contributed by atoms with Crippen molar-refractivity contribution >= 4 is 49.1 Å². The van der Waals surface area contributed by atoms with Crippen LogP contribution in [0, 0.1) is 0 Å². The molecule has 6 aromatic carbocycles. The van der Waals surface area contributed by atoms with Gasteiger partial charge in [0.1, 0.15) is 0 Å². The lowest BCUT2D eigenvalue weighted by Gasteiger charge is -2.34. The molecule has 2 unspecified atom stereocenters. The van der Waals surface area contributed by atoms with Crippen molar-refractivity contribution in [1.82, 2.24) is 0 Å². The Kier molecular flexibility index (Phi) is 5.35. The summed E-state index contributed by atoms with van der Waals surface area (Å²) in [7, 11) is 0. The minimum atomic E-state index is -0.765. The first kappa shape index (κ1) is 22.0. The molecule has 2 atom stereocenters. The highest BCUT2D eigenvalue weighted by Crippen LogP contribution is 2.33. The van der Waals surface area contributed by atoms with E-state index in [2.05, 4.69) is 60.7 Å². The average Bonchev–Trinajstić information content (AvgIpc) is 2.94. The van der Waals surface area contributed by atoms with E-state index < -0.39 is 18.4 Å². The van der Waals surface area contributed by atoms with Crippen molar-refractivity contribution in [2.75, 3.05) is 0 Å². The van der Waals surface area contributed by atoms with Crippen LogP contribution >= 0.6 is 0 Å². The van der Waals surface area contributed by atoms with E-state index in [1.165, 1.54) is 0 Å². The number of fused-ring (bicyclic) bond motifs is 4. The molecule has 0 saturated carbocycles. The summed E-state index contributed by atoms with van der Waals surface area (Å²) in [5.74, 6) is -0.391. The van der Waals surface area contributed by atoms with Gasteiger partial charge in [0.2, 0.25) is 12.4 Å². The molecule has 4 nitrogen and oxygen atoms in total. The van der Waals surface area contributed by atoms with Gasteiger partial charge in [0.15, 0.2) is 0 Å². The van der Waals surface area contributed by atoms with Gasteiger partial charge in [-0.2, -0.15) is 0 Å². The fraction of sp³-hybridized carbons (Fsp3) is 0.121. The number of carbonyl (C=O) groups is 1. The average molecular weight is 485 g/mol. The Bertz CT molecular complexity index is 1700. The van der Waals surface area contributed by atoms with Crippen molar-refractivity contribution in [2.45, 2.75) is 25.6 Å². The number of rotatable bonds is 6. The van der Waals surface area contributed by atoms with Crippen molar-refractivity contribution in [3.05, 3.63) is 120 Å². The Morgan fingerprint density at radius 1 is 0.541 bits per heavy atom. The fourth-order valence-corrected chi connectivity index (χ4v) is 5.42. The van der Waals surface area contributed by atoms with Crippen molar-refractivity contribution in [3.63, 3.8) is 0 Å². The van der Waals surface area contributed by atoms with Crippen LogP contribution in [0.3, 0.4) is 0 Å². The molecule has 0 spiro atoms. The summed E-state index contributed by atoms with van der Waals surface area (Å²) in [6.07, 6.45) is -1.51. The molecule has 1 saturated heterocycles. The third-order valence-electron chi connectivity index (χ3n) is 7.28. The van der Waals surface area contributed by atoms with E-state index in [1.54, 1.807) is 0 Å². The van der Waals surface area contributed by atoms with Crippen LogP contribution in [0.15, 0.2) is 109 Å². The quantitative estimate of drug-likeness (QED) is 0.184. The van der Waals surface area contributed by atoms with E-state index in [0.29, 0.717) is 13.2 Å². The van der Waals surface area contributed by atoms with Gasteiger partial charge >= 0.3 is 5.97 Å². The lowest BCUT2D eigenvalue weighted by Crippen LogP contribution is -2.53. The summed E-state index contributed by atoms with van der Waals surface area (Å²) in [5, 5.41) is 9.10. The molecule has 1 fully saturated rings. The molecule has 37 heavy (non-hydrogen) atoms. The molecule has 4 heteroatoms. The summed E-state index contributed by atoms with van der Waals surface area (Å²) in [6, 6.07) is 37.5. The van der Waals surface area contributed by atoms with Crippen LogP contribution in [0.25, 0.3) is 43.1 Å². The molecule has 1 heterocycles. The first-order valence-electron chi connectivity index (χ1n) is 12.5. The van der Waals surface area contributed by atoms with E-state index in [0.717, 1.165) is 54.2 Å². The normalized spacial score (nSPS) is 17.4. The van der Waals surface area contributed by atoms with Gasteiger partial charge in [0.05, 0.1) is 13.2 Å². The molecule has 0 N–H and O–H groups in total. The van der Waals surface area contributed by atoms with Crippen molar-refractivity contribution in [3.8, 4) is 0 Å². The first-order valence-corrected chi connectivity index (χ1v) is 12.5. The highest BCUT2D eigenvalue weighted by Gasteiger charge is 2.45. The van der Waals surface area contributed by atoms with Gasteiger partial charge in [-0.15, -0.1) is 0 Å². The van der Waals surface area contributed by atoms with Crippen LogP contribution in [-0.2, 0) is 32.2 Å². The van der Waals surface area contributed by atoms with Gasteiger partial charge in [-0.05, 0) is 66.3 Å². The van der Waals surface area contributed by atoms with Gasteiger partial charge in [0, 0.05) is 0 Å². The number of hydrogen-bond acceptors (Lipinski definition) is 4. The van der Waals surface area contributed by atoms with Gasteiger partial charge in [-0.25, -0.2) is 4.79 Å². The molecule has 1 aliphatic heterocycles. The molecular formula is C33H24O4. The van der Waals surface area contributed by atoms with E-state index in [9.17, 15) is 4.79 Å². The molecule has 180 valence electrons. The van der Waals surface area contributed by atoms with Crippen molar-refractivity contribution < 1.29 is 19.0 Å². The fourth-order valence-electron chi connectivity index (χ4n) is 5.42. The Morgan fingerprint density at radius 2 is 0.919 bits per heavy atom. The van der Waals surface area contributed by atoms with Crippen molar-refractivity contribution in [2.24, 2.45) is 0 Å². The van der Waals surface area contributed by atoms with Gasteiger partial charge < -0.3 is 14.2 Å². The molecule has 7 rings (SSSR count). The van der Waals surface area contributed by atoms with Gasteiger partial charge in [-0.1, -0.05) is 97.1 Å². The molecule has 0 bridgehead atoms. The summed E-state index contributed by atoms with van der Waals surface area (Å²) < 4.78 is 17.7. The maximum Gasteiger partial charge on any atom is 0.344 e. The minimum Gasteiger partial charge on any atom is -0.430 e. The smallest absolute Gasteiger partial charge is 0.344 e. The number of hydrogen-bond donors (Lipinski definition) is 0. The molecule has 0 aliphatic carbocycles.